The molecule has 0 spiro atoms. The molecule has 0 rings (SSSR count). The van der Waals surface area contributed by atoms with Gasteiger partial charge in [-0.25, -0.2) is 9.59 Å². The van der Waals surface area contributed by atoms with Gasteiger partial charge in [0, 0.05) is 25.1 Å². The summed E-state index contributed by atoms with van der Waals surface area (Å²) in [5.41, 5.74) is 4.92. The van der Waals surface area contributed by atoms with Crippen LogP contribution in [0.2, 0.25) is 0 Å². The predicted octanol–water partition coefficient (Wildman–Crippen LogP) is -0.891. The van der Waals surface area contributed by atoms with Crippen LogP contribution in [0.3, 0.4) is 0 Å². The molecule has 100 valence electrons. The van der Waals surface area contributed by atoms with Gasteiger partial charge in [-0.2, -0.15) is 0 Å². The van der Waals surface area contributed by atoms with Crippen LogP contribution in [0.1, 0.15) is 19.3 Å². The number of carbonyl (C=O) groups is 4. The summed E-state index contributed by atoms with van der Waals surface area (Å²) in [6.45, 7) is 0.287. The molecule has 0 aromatic heterocycles. The van der Waals surface area contributed by atoms with Gasteiger partial charge in [-0.05, 0) is 12.8 Å². The van der Waals surface area contributed by atoms with E-state index in [1.165, 1.54) is 0 Å². The van der Waals surface area contributed by atoms with Crippen molar-refractivity contribution in [1.29, 1.82) is 0 Å². The molecular weight excluding hydrogens is 242 g/mol. The molecule has 0 aliphatic heterocycles. The highest BCUT2D eigenvalue weighted by Crippen LogP contribution is 1.91. The van der Waals surface area contributed by atoms with Crippen LogP contribution in [0.4, 0.5) is 4.79 Å². The standard InChI is InChI=1S/C10H15N3O5/c11-7(14)3-1-2-6-12-10(18)13-8(15)4-5-9(16)17/h4-5H,1-3,6H2,(H2,11,14)(H,16,17)(H2,12,13,15,18)/b5-4+. The van der Waals surface area contributed by atoms with Crippen molar-refractivity contribution in [2.75, 3.05) is 6.54 Å². The number of hydrogen-bond donors (Lipinski definition) is 4. The lowest BCUT2D eigenvalue weighted by molar-refractivity contribution is -0.131. The summed E-state index contributed by atoms with van der Waals surface area (Å²) in [5, 5.41) is 12.5. The van der Waals surface area contributed by atoms with Crippen LogP contribution in [0.5, 0.6) is 0 Å². The molecule has 0 saturated heterocycles. The Morgan fingerprint density at radius 2 is 1.78 bits per heavy atom. The molecule has 8 nitrogen and oxygen atoms in total. The fraction of sp³-hybridized carbons (Fsp3) is 0.400. The number of urea groups is 1. The van der Waals surface area contributed by atoms with Gasteiger partial charge in [-0.15, -0.1) is 0 Å². The summed E-state index contributed by atoms with van der Waals surface area (Å²) in [7, 11) is 0. The van der Waals surface area contributed by atoms with Crippen LogP contribution in [-0.4, -0.2) is 35.5 Å². The van der Waals surface area contributed by atoms with Crippen molar-refractivity contribution in [3.63, 3.8) is 0 Å². The zero-order chi connectivity index (χ0) is 14.0. The number of nitrogens with one attached hydrogen (secondary N) is 2. The summed E-state index contributed by atoms with van der Waals surface area (Å²) < 4.78 is 0. The van der Waals surface area contributed by atoms with E-state index < -0.39 is 23.8 Å². The third-order valence-corrected chi connectivity index (χ3v) is 1.75. The van der Waals surface area contributed by atoms with Crippen molar-refractivity contribution < 1.29 is 24.3 Å². The third-order valence-electron chi connectivity index (χ3n) is 1.75. The Morgan fingerprint density at radius 1 is 1.11 bits per heavy atom. The quantitative estimate of drug-likeness (QED) is 0.346. The average molecular weight is 257 g/mol. The lowest BCUT2D eigenvalue weighted by Crippen LogP contribution is -2.39. The zero-order valence-corrected chi connectivity index (χ0v) is 9.64. The van der Waals surface area contributed by atoms with Crippen LogP contribution >= 0.6 is 0 Å². The van der Waals surface area contributed by atoms with Crippen LogP contribution < -0.4 is 16.4 Å². The van der Waals surface area contributed by atoms with E-state index in [9.17, 15) is 19.2 Å². The number of amides is 4. The molecule has 0 bridgehead atoms. The third kappa shape index (κ3) is 10.1. The van der Waals surface area contributed by atoms with E-state index in [2.05, 4.69) is 5.32 Å². The molecule has 0 heterocycles. The van der Waals surface area contributed by atoms with Crippen molar-refractivity contribution in [1.82, 2.24) is 10.6 Å². The lowest BCUT2D eigenvalue weighted by atomic mass is 10.2. The number of nitrogens with two attached hydrogens (primary N) is 1. The highest BCUT2D eigenvalue weighted by molar-refractivity contribution is 6.02. The number of rotatable bonds is 7. The van der Waals surface area contributed by atoms with E-state index in [1.54, 1.807) is 0 Å². The number of aliphatic carboxylic acids is 1. The van der Waals surface area contributed by atoms with E-state index in [1.807, 2.05) is 5.32 Å². The first-order valence-corrected chi connectivity index (χ1v) is 5.20. The van der Waals surface area contributed by atoms with Gasteiger partial charge < -0.3 is 16.2 Å². The molecule has 5 N–H and O–H groups in total. The number of carbonyl (C=O) groups excluding carboxylic acids is 3. The molecule has 0 fully saturated rings. The van der Waals surface area contributed by atoms with Crippen LogP contribution in [-0.2, 0) is 14.4 Å². The molecular formula is C10H15N3O5. The van der Waals surface area contributed by atoms with Crippen LogP contribution in [0, 0.1) is 0 Å². The molecule has 0 aromatic rings. The minimum Gasteiger partial charge on any atom is -0.478 e. The maximum atomic E-state index is 11.1. The second-order valence-corrected chi connectivity index (χ2v) is 3.34. The van der Waals surface area contributed by atoms with E-state index >= 15 is 0 Å². The average Bonchev–Trinajstić information content (AvgIpc) is 2.25. The van der Waals surface area contributed by atoms with E-state index in [0.717, 1.165) is 6.08 Å². The summed E-state index contributed by atoms with van der Waals surface area (Å²) in [4.78, 5) is 42.5. The Morgan fingerprint density at radius 3 is 2.33 bits per heavy atom. The molecule has 0 aliphatic rings. The van der Waals surface area contributed by atoms with Crippen molar-refractivity contribution in [3.8, 4) is 0 Å². The molecule has 0 saturated carbocycles. The number of carboxylic acids is 1. The molecule has 0 radical (unpaired) electrons. The number of primary amides is 1. The monoisotopic (exact) mass is 257 g/mol. The Hall–Kier alpha value is -2.38. The normalized spacial score (nSPS) is 10.0. The van der Waals surface area contributed by atoms with Gasteiger partial charge in [0.25, 0.3) is 5.91 Å². The maximum absolute atomic E-state index is 11.1. The van der Waals surface area contributed by atoms with Gasteiger partial charge in [0.05, 0.1) is 0 Å². The van der Waals surface area contributed by atoms with E-state index in [-0.39, 0.29) is 13.0 Å². The summed E-state index contributed by atoms with van der Waals surface area (Å²) in [5.74, 6) is -2.52. The van der Waals surface area contributed by atoms with Gasteiger partial charge in [0.1, 0.15) is 0 Å². The second kappa shape index (κ2) is 8.74. The van der Waals surface area contributed by atoms with E-state index in [0.29, 0.717) is 18.9 Å². The number of imide groups is 1. The number of unbranched alkanes of at least 4 members (excludes halogenated alkanes) is 1. The molecule has 18 heavy (non-hydrogen) atoms. The van der Waals surface area contributed by atoms with Gasteiger partial charge in [-0.3, -0.25) is 14.9 Å². The Balaban J connectivity index is 3.68. The smallest absolute Gasteiger partial charge is 0.328 e. The first-order chi connectivity index (χ1) is 8.41. The largest absolute Gasteiger partial charge is 0.478 e. The van der Waals surface area contributed by atoms with Crippen molar-refractivity contribution in [2.24, 2.45) is 5.73 Å². The van der Waals surface area contributed by atoms with Crippen molar-refractivity contribution in [2.45, 2.75) is 19.3 Å². The van der Waals surface area contributed by atoms with Gasteiger partial charge in [0.2, 0.25) is 5.91 Å². The molecule has 0 aromatic carbocycles. The minimum atomic E-state index is -1.28. The summed E-state index contributed by atoms with van der Waals surface area (Å²) >= 11 is 0. The lowest BCUT2D eigenvalue weighted by Gasteiger charge is -2.04. The first-order valence-electron chi connectivity index (χ1n) is 5.20. The van der Waals surface area contributed by atoms with Crippen LogP contribution in [0.25, 0.3) is 0 Å². The second-order valence-electron chi connectivity index (χ2n) is 3.34. The molecule has 0 unspecified atom stereocenters. The van der Waals surface area contributed by atoms with Crippen molar-refractivity contribution >= 4 is 23.8 Å². The fourth-order valence-electron chi connectivity index (χ4n) is 0.971. The molecule has 8 heteroatoms. The highest BCUT2D eigenvalue weighted by Gasteiger charge is 2.04. The van der Waals surface area contributed by atoms with Gasteiger partial charge >= 0.3 is 12.0 Å². The Kier molecular flexibility index (Phi) is 7.58. The predicted molar refractivity (Wildman–Crippen MR) is 61.4 cm³/mol. The number of hydrogen-bond acceptors (Lipinski definition) is 4. The SMILES string of the molecule is NC(=O)CCCCNC(=O)NC(=O)/C=C/C(=O)O. The Labute approximate surface area is 103 Å². The summed E-state index contributed by atoms with van der Waals surface area (Å²) in [6.07, 6.45) is 2.69. The highest BCUT2D eigenvalue weighted by atomic mass is 16.4. The van der Waals surface area contributed by atoms with E-state index in [4.69, 9.17) is 10.8 Å². The zero-order valence-electron chi connectivity index (χ0n) is 9.64. The fourth-order valence-corrected chi connectivity index (χ4v) is 0.971. The number of carboxylic acid groups (broad SMARTS) is 1. The maximum Gasteiger partial charge on any atom is 0.328 e. The topological polar surface area (TPSA) is 139 Å². The minimum absolute atomic E-state index is 0.240. The van der Waals surface area contributed by atoms with Crippen molar-refractivity contribution in [3.05, 3.63) is 12.2 Å². The first kappa shape index (κ1) is 15.6. The van der Waals surface area contributed by atoms with Gasteiger partial charge in [0.15, 0.2) is 0 Å². The molecule has 0 atom stereocenters. The molecule has 0 aliphatic carbocycles. The summed E-state index contributed by atoms with van der Waals surface area (Å²) in [6, 6.07) is -0.728. The van der Waals surface area contributed by atoms with Crippen LogP contribution in [0.15, 0.2) is 12.2 Å². The molecule has 4 amide bonds. The van der Waals surface area contributed by atoms with Gasteiger partial charge in [-0.1, -0.05) is 0 Å². The Bertz CT molecular complexity index is 365.